The average Bonchev–Trinajstić information content (AvgIpc) is 3.17. The highest BCUT2D eigenvalue weighted by atomic mass is 16.5. The van der Waals surface area contributed by atoms with E-state index in [2.05, 4.69) is 10.4 Å². The molecule has 1 saturated heterocycles. The van der Waals surface area contributed by atoms with Gasteiger partial charge in [-0.3, -0.25) is 14.3 Å². The molecule has 2 heterocycles. The Labute approximate surface area is 148 Å². The van der Waals surface area contributed by atoms with Crippen LogP contribution in [0, 0.1) is 13.8 Å². The van der Waals surface area contributed by atoms with Crippen LogP contribution in [-0.4, -0.2) is 57.8 Å². The second-order valence-corrected chi connectivity index (χ2v) is 7.43. The van der Waals surface area contributed by atoms with Gasteiger partial charge in [0.25, 0.3) is 5.91 Å². The van der Waals surface area contributed by atoms with Crippen LogP contribution in [0.15, 0.2) is 6.07 Å². The monoisotopic (exact) mass is 348 g/mol. The third-order valence-electron chi connectivity index (χ3n) is 5.19. The van der Waals surface area contributed by atoms with Gasteiger partial charge in [0.1, 0.15) is 6.54 Å². The van der Waals surface area contributed by atoms with Crippen molar-refractivity contribution >= 4 is 11.8 Å². The lowest BCUT2D eigenvalue weighted by Crippen LogP contribution is -2.60. The van der Waals surface area contributed by atoms with Gasteiger partial charge in [-0.05, 0) is 39.7 Å². The van der Waals surface area contributed by atoms with E-state index in [4.69, 9.17) is 4.74 Å². The molecule has 7 heteroatoms. The second-order valence-electron chi connectivity index (χ2n) is 7.43. The first-order valence-electron chi connectivity index (χ1n) is 9.11. The summed E-state index contributed by atoms with van der Waals surface area (Å²) in [5.41, 5.74) is 0.875. The summed E-state index contributed by atoms with van der Waals surface area (Å²) in [6.07, 6.45) is 4.39. The minimum Gasteiger partial charge on any atom is -0.362 e. The molecule has 138 valence electrons. The summed E-state index contributed by atoms with van der Waals surface area (Å²) >= 11 is 0. The Morgan fingerprint density at radius 3 is 2.72 bits per heavy atom. The molecule has 2 fully saturated rings. The zero-order chi connectivity index (χ0) is 18.0. The van der Waals surface area contributed by atoms with Crippen LogP contribution in [0.5, 0.6) is 0 Å². The topological polar surface area (TPSA) is 76.5 Å². The van der Waals surface area contributed by atoms with Crippen LogP contribution in [0.25, 0.3) is 0 Å². The van der Waals surface area contributed by atoms with Gasteiger partial charge in [-0.2, -0.15) is 5.10 Å². The van der Waals surface area contributed by atoms with Crippen molar-refractivity contribution in [2.45, 2.75) is 64.6 Å². The summed E-state index contributed by atoms with van der Waals surface area (Å²) in [6, 6.07) is 2.19. The van der Waals surface area contributed by atoms with Gasteiger partial charge in [0, 0.05) is 18.3 Å². The molecular weight excluding hydrogens is 320 g/mol. The Kier molecular flexibility index (Phi) is 5.13. The highest BCUT2D eigenvalue weighted by molar-refractivity contribution is 5.86. The molecule has 1 N–H and O–H groups in total. The minimum absolute atomic E-state index is 0.0330. The zero-order valence-electron chi connectivity index (χ0n) is 15.4. The third-order valence-corrected chi connectivity index (χ3v) is 5.19. The highest BCUT2D eigenvalue weighted by Gasteiger charge is 2.41. The van der Waals surface area contributed by atoms with Crippen molar-refractivity contribution in [1.29, 1.82) is 0 Å². The number of hydrogen-bond donors (Lipinski definition) is 1. The molecule has 0 aromatic carbocycles. The van der Waals surface area contributed by atoms with Crippen molar-refractivity contribution in [2.75, 3.05) is 19.7 Å². The largest absolute Gasteiger partial charge is 0.362 e. The van der Waals surface area contributed by atoms with E-state index >= 15 is 0 Å². The molecule has 1 atom stereocenters. The summed E-state index contributed by atoms with van der Waals surface area (Å²) in [4.78, 5) is 27.0. The lowest BCUT2D eigenvalue weighted by Gasteiger charge is -2.39. The van der Waals surface area contributed by atoms with Gasteiger partial charge in [-0.15, -0.1) is 0 Å². The fourth-order valence-electron chi connectivity index (χ4n) is 3.69. The maximum absolute atomic E-state index is 12.7. The van der Waals surface area contributed by atoms with Crippen molar-refractivity contribution in [3.8, 4) is 0 Å². The smallest absolute Gasteiger partial charge is 0.254 e. The third kappa shape index (κ3) is 4.03. The number of rotatable bonds is 4. The van der Waals surface area contributed by atoms with Crippen LogP contribution in [0.2, 0.25) is 0 Å². The van der Waals surface area contributed by atoms with Crippen molar-refractivity contribution in [3.05, 3.63) is 17.5 Å². The van der Waals surface area contributed by atoms with Gasteiger partial charge in [-0.25, -0.2) is 0 Å². The molecule has 1 aromatic heterocycles. The van der Waals surface area contributed by atoms with E-state index in [1.165, 1.54) is 0 Å². The zero-order valence-corrected chi connectivity index (χ0v) is 15.4. The predicted molar refractivity (Wildman–Crippen MR) is 93.0 cm³/mol. The van der Waals surface area contributed by atoms with Gasteiger partial charge in [0.15, 0.2) is 5.60 Å². The van der Waals surface area contributed by atoms with E-state index in [0.29, 0.717) is 13.2 Å². The molecule has 25 heavy (non-hydrogen) atoms. The van der Waals surface area contributed by atoms with Crippen LogP contribution >= 0.6 is 0 Å². The molecule has 0 bridgehead atoms. The van der Waals surface area contributed by atoms with Crippen molar-refractivity contribution in [1.82, 2.24) is 20.0 Å². The van der Waals surface area contributed by atoms with Crippen LogP contribution in [-0.2, 0) is 20.9 Å². The van der Waals surface area contributed by atoms with Gasteiger partial charge in [0.05, 0.1) is 18.8 Å². The molecule has 0 radical (unpaired) electrons. The quantitative estimate of drug-likeness (QED) is 0.886. The summed E-state index contributed by atoms with van der Waals surface area (Å²) < 4.78 is 7.48. The molecule has 2 aliphatic rings. The molecule has 3 rings (SSSR count). The molecular formula is C18H28N4O3. The number of aryl methyl sites for hydroxylation is 2. The molecule has 1 aliphatic carbocycles. The van der Waals surface area contributed by atoms with E-state index in [-0.39, 0.29) is 30.9 Å². The normalized spacial score (nSPS) is 24.5. The number of carbonyl (C=O) groups excluding carboxylic acids is 2. The maximum atomic E-state index is 12.7. The first-order valence-corrected chi connectivity index (χ1v) is 9.11. The van der Waals surface area contributed by atoms with E-state index < -0.39 is 5.60 Å². The van der Waals surface area contributed by atoms with Gasteiger partial charge in [-0.1, -0.05) is 12.8 Å². The molecule has 2 amide bonds. The lowest BCUT2D eigenvalue weighted by molar-refractivity contribution is -0.163. The summed E-state index contributed by atoms with van der Waals surface area (Å²) in [7, 11) is 0. The number of morpholine rings is 1. The number of amides is 2. The number of nitrogens with one attached hydrogen (secondary N) is 1. The Balaban J connectivity index is 1.62. The van der Waals surface area contributed by atoms with Crippen molar-refractivity contribution in [2.24, 2.45) is 0 Å². The van der Waals surface area contributed by atoms with E-state index in [9.17, 15) is 9.59 Å². The number of hydrogen-bond acceptors (Lipinski definition) is 4. The van der Waals surface area contributed by atoms with Gasteiger partial charge >= 0.3 is 0 Å². The Bertz CT molecular complexity index is 651. The predicted octanol–water partition coefficient (Wildman–Crippen LogP) is 1.18. The number of ether oxygens (including phenoxy) is 1. The fraction of sp³-hybridized carbons (Fsp3) is 0.722. The number of nitrogens with zero attached hydrogens (tertiary/aromatic N) is 3. The Morgan fingerprint density at radius 2 is 2.08 bits per heavy atom. The first kappa shape index (κ1) is 17.9. The number of carbonyl (C=O) groups is 2. The number of aromatic nitrogens is 2. The molecule has 1 saturated carbocycles. The maximum Gasteiger partial charge on any atom is 0.254 e. The van der Waals surface area contributed by atoms with Crippen molar-refractivity contribution < 1.29 is 14.3 Å². The van der Waals surface area contributed by atoms with Gasteiger partial charge < -0.3 is 15.0 Å². The minimum atomic E-state index is -0.981. The summed E-state index contributed by atoms with van der Waals surface area (Å²) in [6.45, 7) is 6.98. The summed E-state index contributed by atoms with van der Waals surface area (Å²) in [5.74, 6) is -0.141. The van der Waals surface area contributed by atoms with E-state index in [1.807, 2.05) is 19.9 Å². The fourth-order valence-corrected chi connectivity index (χ4v) is 3.69. The second kappa shape index (κ2) is 7.15. The molecule has 7 nitrogen and oxygen atoms in total. The van der Waals surface area contributed by atoms with Crippen LogP contribution in [0.4, 0.5) is 0 Å². The van der Waals surface area contributed by atoms with E-state index in [0.717, 1.165) is 37.1 Å². The Morgan fingerprint density at radius 1 is 1.36 bits per heavy atom. The molecule has 1 aliphatic heterocycles. The average molecular weight is 348 g/mol. The summed E-state index contributed by atoms with van der Waals surface area (Å²) in [5, 5.41) is 7.43. The van der Waals surface area contributed by atoms with Crippen LogP contribution in [0.3, 0.4) is 0 Å². The first-order chi connectivity index (χ1) is 11.9. The molecule has 1 aromatic rings. The van der Waals surface area contributed by atoms with Crippen LogP contribution in [0.1, 0.15) is 44.0 Å². The molecule has 0 spiro atoms. The van der Waals surface area contributed by atoms with Gasteiger partial charge in [0.2, 0.25) is 5.91 Å². The van der Waals surface area contributed by atoms with Crippen LogP contribution < -0.4 is 5.32 Å². The van der Waals surface area contributed by atoms with Crippen molar-refractivity contribution in [3.63, 3.8) is 0 Å². The van der Waals surface area contributed by atoms with E-state index in [1.54, 1.807) is 16.5 Å². The lowest BCUT2D eigenvalue weighted by atomic mass is 10.0. The standard InChI is InChI=1S/C18H28N4O3/c1-13-10-14(2)22(20-13)11-16(23)21-8-9-25-18(3,12-21)17(24)19-15-6-4-5-7-15/h10,15H,4-9,11-12H2,1-3H3,(H,19,24)/t18-/m1/s1. The Hall–Kier alpha value is -1.89. The SMILES string of the molecule is Cc1cc(C)n(CC(=O)N2CCO[C@@](C)(C(=O)NC3CCCC3)C2)n1. The highest BCUT2D eigenvalue weighted by Crippen LogP contribution is 2.22. The molecule has 0 unspecified atom stereocenters.